The number of aromatic nitrogens is 1. The van der Waals surface area contributed by atoms with E-state index in [1.807, 2.05) is 0 Å². The van der Waals surface area contributed by atoms with Gasteiger partial charge in [0.15, 0.2) is 0 Å². The average Bonchev–Trinajstić information content (AvgIpc) is 3.07. The Morgan fingerprint density at radius 3 is 2.67 bits per heavy atom. The summed E-state index contributed by atoms with van der Waals surface area (Å²) in [6.45, 7) is 1.44. The third-order valence-corrected chi connectivity index (χ3v) is 5.59. The van der Waals surface area contributed by atoms with Crippen molar-refractivity contribution in [3.05, 3.63) is 84.1 Å². The van der Waals surface area contributed by atoms with E-state index in [-0.39, 0.29) is 12.2 Å². The highest BCUT2D eigenvalue weighted by Gasteiger charge is 2.25. The molecule has 0 spiro atoms. The minimum atomic E-state index is -0.272. The first-order valence-corrected chi connectivity index (χ1v) is 9.63. The van der Waals surface area contributed by atoms with Gasteiger partial charge in [0, 0.05) is 42.2 Å². The molecule has 5 rings (SSSR count). The molecule has 0 amide bonds. The van der Waals surface area contributed by atoms with Crippen LogP contribution in [0.2, 0.25) is 0 Å². The molecule has 136 valence electrons. The highest BCUT2D eigenvalue weighted by atomic mass is 16.5. The van der Waals surface area contributed by atoms with Crippen LogP contribution in [-0.2, 0) is 11.3 Å². The van der Waals surface area contributed by atoms with Gasteiger partial charge in [0.25, 0.3) is 0 Å². The van der Waals surface area contributed by atoms with Crippen LogP contribution in [0.1, 0.15) is 30.1 Å². The predicted molar refractivity (Wildman–Crippen MR) is 109 cm³/mol. The zero-order chi connectivity index (χ0) is 18.2. The molecular formula is C24H23NO2. The van der Waals surface area contributed by atoms with Crippen LogP contribution < -0.4 is 0 Å². The third kappa shape index (κ3) is 3.14. The summed E-state index contributed by atoms with van der Waals surface area (Å²) in [7, 11) is 0. The van der Waals surface area contributed by atoms with Gasteiger partial charge in [0.1, 0.15) is 0 Å². The highest BCUT2D eigenvalue weighted by molar-refractivity contribution is 5.85. The molecule has 0 aliphatic carbocycles. The standard InChI is InChI=1S/C24H23NO2/c26-20-11-12-27-24(14-20)22-16-25(23-8-4-3-7-21(22)23)15-17-9-10-18-5-1-2-6-19(18)13-17/h1-10,13,16,20,24,26H,11-12,14-15H2. The van der Waals surface area contributed by atoms with Gasteiger partial charge in [-0.25, -0.2) is 0 Å². The number of hydrogen-bond acceptors (Lipinski definition) is 2. The summed E-state index contributed by atoms with van der Waals surface area (Å²) in [6, 6.07) is 23.6. The lowest BCUT2D eigenvalue weighted by molar-refractivity contribution is -0.0442. The second kappa shape index (κ2) is 6.84. The van der Waals surface area contributed by atoms with Crippen LogP contribution in [-0.4, -0.2) is 22.4 Å². The van der Waals surface area contributed by atoms with E-state index in [1.165, 1.54) is 32.8 Å². The number of aliphatic hydroxyl groups is 1. The molecule has 2 atom stereocenters. The van der Waals surface area contributed by atoms with E-state index in [0.717, 1.165) is 13.0 Å². The zero-order valence-electron chi connectivity index (χ0n) is 15.2. The molecule has 2 unspecified atom stereocenters. The second-order valence-corrected chi connectivity index (χ2v) is 7.45. The molecule has 0 radical (unpaired) electrons. The van der Waals surface area contributed by atoms with Gasteiger partial charge < -0.3 is 14.4 Å². The third-order valence-electron chi connectivity index (χ3n) is 5.59. The first-order valence-electron chi connectivity index (χ1n) is 9.63. The Bertz CT molecular complexity index is 1100. The Labute approximate surface area is 158 Å². The molecule has 1 aliphatic heterocycles. The molecule has 4 aromatic rings. The van der Waals surface area contributed by atoms with Gasteiger partial charge in [-0.2, -0.15) is 0 Å². The molecule has 1 saturated heterocycles. The first-order chi connectivity index (χ1) is 13.3. The normalized spacial score (nSPS) is 20.3. The van der Waals surface area contributed by atoms with Gasteiger partial charge in [-0.1, -0.05) is 54.6 Å². The van der Waals surface area contributed by atoms with Crippen molar-refractivity contribution < 1.29 is 9.84 Å². The smallest absolute Gasteiger partial charge is 0.0870 e. The minimum absolute atomic E-state index is 0.0310. The van der Waals surface area contributed by atoms with Crippen LogP contribution in [0.25, 0.3) is 21.7 Å². The minimum Gasteiger partial charge on any atom is -0.393 e. The van der Waals surface area contributed by atoms with E-state index in [1.54, 1.807) is 0 Å². The maximum atomic E-state index is 10.1. The number of ether oxygens (including phenoxy) is 1. The maximum absolute atomic E-state index is 10.1. The number of para-hydroxylation sites is 1. The van der Waals surface area contributed by atoms with Crippen LogP contribution in [0.4, 0.5) is 0 Å². The Hall–Kier alpha value is -2.62. The topological polar surface area (TPSA) is 34.4 Å². The Morgan fingerprint density at radius 2 is 1.78 bits per heavy atom. The number of aliphatic hydroxyl groups excluding tert-OH is 1. The second-order valence-electron chi connectivity index (χ2n) is 7.45. The monoisotopic (exact) mass is 357 g/mol. The van der Waals surface area contributed by atoms with Gasteiger partial charge in [0.2, 0.25) is 0 Å². The van der Waals surface area contributed by atoms with Gasteiger partial charge >= 0.3 is 0 Å². The summed E-state index contributed by atoms with van der Waals surface area (Å²) in [5.74, 6) is 0. The number of nitrogens with zero attached hydrogens (tertiary/aromatic N) is 1. The van der Waals surface area contributed by atoms with Gasteiger partial charge in [-0.3, -0.25) is 0 Å². The molecule has 0 bridgehead atoms. The fourth-order valence-electron chi connectivity index (χ4n) is 4.19. The number of hydrogen-bond donors (Lipinski definition) is 1. The number of benzene rings is 3. The van der Waals surface area contributed by atoms with Gasteiger partial charge in [0.05, 0.1) is 12.2 Å². The fraction of sp³-hybridized carbons (Fsp3) is 0.250. The molecule has 1 fully saturated rings. The van der Waals surface area contributed by atoms with Crippen LogP contribution in [0.5, 0.6) is 0 Å². The molecule has 3 heteroatoms. The van der Waals surface area contributed by atoms with Crippen LogP contribution in [0.15, 0.2) is 72.9 Å². The summed E-state index contributed by atoms with van der Waals surface area (Å²) < 4.78 is 8.30. The lowest BCUT2D eigenvalue weighted by atomic mass is 9.99. The summed E-state index contributed by atoms with van der Waals surface area (Å²) in [5.41, 5.74) is 3.68. The molecule has 2 heterocycles. The largest absolute Gasteiger partial charge is 0.393 e. The molecule has 27 heavy (non-hydrogen) atoms. The summed E-state index contributed by atoms with van der Waals surface area (Å²) >= 11 is 0. The van der Waals surface area contributed by atoms with E-state index in [0.29, 0.717) is 13.0 Å². The van der Waals surface area contributed by atoms with E-state index < -0.39 is 0 Å². The molecular weight excluding hydrogens is 334 g/mol. The van der Waals surface area contributed by atoms with Crippen molar-refractivity contribution in [3.8, 4) is 0 Å². The maximum Gasteiger partial charge on any atom is 0.0870 e. The molecule has 1 aliphatic rings. The van der Waals surface area contributed by atoms with Crippen molar-refractivity contribution >= 4 is 21.7 Å². The van der Waals surface area contributed by atoms with E-state index in [4.69, 9.17) is 4.74 Å². The van der Waals surface area contributed by atoms with Gasteiger partial charge in [-0.05, 0) is 34.9 Å². The summed E-state index contributed by atoms with van der Waals surface area (Å²) in [5, 5.41) is 13.8. The van der Waals surface area contributed by atoms with Crippen molar-refractivity contribution in [3.63, 3.8) is 0 Å². The lowest BCUT2D eigenvalue weighted by Crippen LogP contribution is -2.23. The Balaban J connectivity index is 1.54. The molecule has 0 saturated carbocycles. The Kier molecular flexibility index (Phi) is 4.19. The van der Waals surface area contributed by atoms with E-state index in [9.17, 15) is 5.11 Å². The summed E-state index contributed by atoms with van der Waals surface area (Å²) in [4.78, 5) is 0. The molecule has 1 N–H and O–H groups in total. The van der Waals surface area contributed by atoms with E-state index >= 15 is 0 Å². The van der Waals surface area contributed by atoms with Crippen LogP contribution >= 0.6 is 0 Å². The molecule has 3 aromatic carbocycles. The van der Waals surface area contributed by atoms with E-state index in [2.05, 4.69) is 77.5 Å². The SMILES string of the molecule is OC1CCOC(c2cn(Cc3ccc4ccccc4c3)c3ccccc23)C1. The van der Waals surface area contributed by atoms with Gasteiger partial charge in [-0.15, -0.1) is 0 Å². The molecule has 3 nitrogen and oxygen atoms in total. The van der Waals surface area contributed by atoms with Crippen LogP contribution in [0, 0.1) is 0 Å². The van der Waals surface area contributed by atoms with Crippen LogP contribution in [0.3, 0.4) is 0 Å². The lowest BCUT2D eigenvalue weighted by Gasteiger charge is -2.26. The Morgan fingerprint density at radius 1 is 0.963 bits per heavy atom. The molecule has 1 aromatic heterocycles. The number of rotatable bonds is 3. The van der Waals surface area contributed by atoms with Crippen molar-refractivity contribution in [1.29, 1.82) is 0 Å². The predicted octanol–water partition coefficient (Wildman–Crippen LogP) is 5.06. The van der Waals surface area contributed by atoms with Crippen molar-refractivity contribution in [1.82, 2.24) is 4.57 Å². The quantitative estimate of drug-likeness (QED) is 0.556. The number of fused-ring (bicyclic) bond motifs is 2. The fourth-order valence-corrected chi connectivity index (χ4v) is 4.19. The first kappa shape index (κ1) is 16.5. The van der Waals surface area contributed by atoms with Crippen molar-refractivity contribution in [2.75, 3.05) is 6.61 Å². The van der Waals surface area contributed by atoms with Crippen molar-refractivity contribution in [2.45, 2.75) is 31.6 Å². The highest BCUT2D eigenvalue weighted by Crippen LogP contribution is 2.34. The average molecular weight is 357 g/mol. The van der Waals surface area contributed by atoms with Crippen molar-refractivity contribution in [2.24, 2.45) is 0 Å². The summed E-state index contributed by atoms with van der Waals surface area (Å²) in [6.07, 6.45) is 3.31. The zero-order valence-corrected chi connectivity index (χ0v) is 15.2.